The van der Waals surface area contributed by atoms with Crippen LogP contribution in [0.1, 0.15) is 56.5 Å². The van der Waals surface area contributed by atoms with Gasteiger partial charge < -0.3 is 4.74 Å². The first-order valence-corrected chi connectivity index (χ1v) is 9.41. The van der Waals surface area contributed by atoms with Crippen LogP contribution in [0.4, 0.5) is 4.79 Å². The van der Waals surface area contributed by atoms with Gasteiger partial charge >= 0.3 is 6.09 Å². The molecule has 126 valence electrons. The zero-order valence-electron chi connectivity index (χ0n) is 14.1. The molecule has 0 N–H and O–H groups in total. The van der Waals surface area contributed by atoms with Crippen molar-refractivity contribution in [1.82, 2.24) is 4.90 Å². The molecule has 1 aromatic rings. The summed E-state index contributed by atoms with van der Waals surface area (Å²) in [5.41, 5.74) is 0.627. The Labute approximate surface area is 144 Å². The highest BCUT2D eigenvalue weighted by molar-refractivity contribution is 8.00. The number of carbonyl (C=O) groups excluding carboxylic acids is 3. The highest BCUT2D eigenvalue weighted by atomic mass is 32.2. The molecule has 5 nitrogen and oxygen atoms in total. The third-order valence-corrected chi connectivity index (χ3v) is 5.81. The van der Waals surface area contributed by atoms with Crippen LogP contribution in [-0.2, 0) is 9.53 Å². The van der Waals surface area contributed by atoms with Crippen molar-refractivity contribution in [2.45, 2.75) is 56.4 Å². The number of imide groups is 1. The van der Waals surface area contributed by atoms with Crippen molar-refractivity contribution in [3.05, 3.63) is 16.5 Å². The summed E-state index contributed by atoms with van der Waals surface area (Å²) in [5, 5.41) is 1.91. The number of ether oxygens (including phenoxy) is 1. The summed E-state index contributed by atoms with van der Waals surface area (Å²) in [6.45, 7) is 8.46. The van der Waals surface area contributed by atoms with Crippen molar-refractivity contribution in [3.63, 3.8) is 0 Å². The summed E-state index contributed by atoms with van der Waals surface area (Å²) in [5.74, 6) is -0.915. The summed E-state index contributed by atoms with van der Waals surface area (Å²) in [6.07, 6.45) is 1.12. The number of fused-ring (bicyclic) bond motifs is 1. The molecule has 1 aromatic heterocycles. The van der Waals surface area contributed by atoms with E-state index in [1.165, 1.54) is 30.0 Å². The normalized spacial score (nSPS) is 21.1. The molecular formula is C16H21NO4S2. The second-order valence-corrected chi connectivity index (χ2v) is 8.51. The second kappa shape index (κ2) is 6.28. The summed E-state index contributed by atoms with van der Waals surface area (Å²) in [4.78, 5) is 38.6. The van der Waals surface area contributed by atoms with Gasteiger partial charge in [0.1, 0.15) is 11.6 Å². The molecular weight excluding hydrogens is 334 g/mol. The Morgan fingerprint density at radius 2 is 1.96 bits per heavy atom. The molecule has 0 fully saturated rings. The largest absolute Gasteiger partial charge is 0.443 e. The van der Waals surface area contributed by atoms with E-state index in [0.29, 0.717) is 5.56 Å². The minimum absolute atomic E-state index is 0.223. The predicted molar refractivity (Wildman–Crippen MR) is 91.4 cm³/mol. The van der Waals surface area contributed by atoms with Gasteiger partial charge in [0.2, 0.25) is 0 Å². The van der Waals surface area contributed by atoms with Crippen LogP contribution >= 0.6 is 23.1 Å². The minimum atomic E-state index is -0.825. The van der Waals surface area contributed by atoms with Crippen molar-refractivity contribution in [2.75, 3.05) is 6.26 Å². The van der Waals surface area contributed by atoms with Gasteiger partial charge in [-0.05, 0) is 44.9 Å². The molecule has 2 amide bonds. The molecule has 0 saturated carbocycles. The zero-order valence-corrected chi connectivity index (χ0v) is 15.8. The number of hydrogen-bond acceptors (Lipinski definition) is 6. The number of thiophene rings is 1. The van der Waals surface area contributed by atoms with Gasteiger partial charge in [0.25, 0.3) is 5.91 Å². The van der Waals surface area contributed by atoms with Crippen LogP contribution < -0.4 is 0 Å². The summed E-state index contributed by atoms with van der Waals surface area (Å²) < 4.78 is 6.21. The van der Waals surface area contributed by atoms with Crippen molar-refractivity contribution < 1.29 is 19.1 Å². The van der Waals surface area contributed by atoms with E-state index in [1.807, 2.05) is 18.6 Å². The predicted octanol–water partition coefficient (Wildman–Crippen LogP) is 3.92. The van der Waals surface area contributed by atoms with Gasteiger partial charge in [-0.15, -0.1) is 23.1 Å². The third-order valence-electron chi connectivity index (χ3n) is 3.65. The Kier molecular flexibility index (Phi) is 4.92. The van der Waals surface area contributed by atoms with E-state index >= 15 is 0 Å². The lowest BCUT2D eigenvalue weighted by Crippen LogP contribution is -2.54. The van der Waals surface area contributed by atoms with Gasteiger partial charge in [-0.3, -0.25) is 9.59 Å². The smallest absolute Gasteiger partial charge is 0.418 e. The van der Waals surface area contributed by atoms with Gasteiger partial charge in [-0.25, -0.2) is 9.69 Å². The van der Waals surface area contributed by atoms with Crippen LogP contribution in [0, 0.1) is 0 Å². The molecule has 7 heteroatoms. The van der Waals surface area contributed by atoms with E-state index in [9.17, 15) is 14.4 Å². The molecule has 0 spiro atoms. The Morgan fingerprint density at radius 1 is 1.35 bits per heavy atom. The molecule has 0 radical (unpaired) electrons. The topological polar surface area (TPSA) is 63.7 Å². The average molecular weight is 355 g/mol. The fraction of sp³-hybridized carbons (Fsp3) is 0.562. The number of Topliss-reactive ketones (excluding diaryl/α,β-unsaturated/α-hetero) is 1. The number of thioether (sulfide) groups is 1. The highest BCUT2D eigenvalue weighted by Crippen LogP contribution is 2.42. The number of nitrogens with zero attached hydrogens (tertiary/aromatic N) is 1. The number of amides is 2. The van der Waals surface area contributed by atoms with Crippen LogP contribution in [0.2, 0.25) is 0 Å². The van der Waals surface area contributed by atoms with Crippen LogP contribution in [0.5, 0.6) is 0 Å². The maximum atomic E-state index is 12.9. The molecule has 23 heavy (non-hydrogen) atoms. The number of rotatable bonds is 2. The van der Waals surface area contributed by atoms with Gasteiger partial charge in [0, 0.05) is 5.92 Å². The fourth-order valence-corrected chi connectivity index (χ4v) is 4.56. The Morgan fingerprint density at radius 3 is 2.43 bits per heavy atom. The summed E-state index contributed by atoms with van der Waals surface area (Å²) in [7, 11) is 0. The first-order valence-electron chi connectivity index (χ1n) is 7.30. The average Bonchev–Trinajstić information content (AvgIpc) is 2.84. The molecule has 2 rings (SSSR count). The van der Waals surface area contributed by atoms with Crippen molar-refractivity contribution in [1.29, 1.82) is 0 Å². The molecule has 0 aromatic carbocycles. The summed E-state index contributed by atoms with van der Waals surface area (Å²) in [6, 6.07) is -0.825. The molecule has 2 atom stereocenters. The van der Waals surface area contributed by atoms with Gasteiger partial charge in [0.05, 0.1) is 9.77 Å². The standard InChI is InChI=1S/C16H21NO4S2/c1-8-10-7-23-14(22-6)11(10)13(19)17(12(8)9(2)18)15(20)21-16(3,4)5/h7-8,12H,1-6H3. The quantitative estimate of drug-likeness (QED) is 0.752. The second-order valence-electron chi connectivity index (χ2n) is 6.56. The highest BCUT2D eigenvalue weighted by Gasteiger charge is 2.46. The Balaban J connectivity index is 2.53. The molecule has 1 aliphatic rings. The van der Waals surface area contributed by atoms with E-state index in [0.717, 1.165) is 14.7 Å². The molecule has 0 saturated heterocycles. The zero-order chi connectivity index (χ0) is 17.5. The van der Waals surface area contributed by atoms with E-state index in [2.05, 4.69) is 0 Å². The minimum Gasteiger partial charge on any atom is -0.443 e. The van der Waals surface area contributed by atoms with E-state index in [1.54, 1.807) is 20.8 Å². The van der Waals surface area contributed by atoms with E-state index < -0.39 is 23.6 Å². The summed E-state index contributed by atoms with van der Waals surface area (Å²) >= 11 is 2.93. The molecule has 0 aliphatic carbocycles. The number of carbonyl (C=O) groups is 3. The molecule has 2 unspecified atom stereocenters. The lowest BCUT2D eigenvalue weighted by atomic mass is 9.85. The van der Waals surface area contributed by atoms with Gasteiger partial charge in [-0.1, -0.05) is 6.92 Å². The fourth-order valence-electron chi connectivity index (χ4n) is 2.73. The van der Waals surface area contributed by atoms with Gasteiger partial charge in [0.15, 0.2) is 5.78 Å². The molecule has 1 aliphatic heterocycles. The Bertz CT molecular complexity index is 660. The first kappa shape index (κ1) is 18.0. The SMILES string of the molecule is CSc1scc2c1C(=O)N(C(=O)OC(C)(C)C)C(C(C)=O)C2C. The van der Waals surface area contributed by atoms with Crippen molar-refractivity contribution in [3.8, 4) is 0 Å². The number of hydrogen-bond donors (Lipinski definition) is 0. The van der Waals surface area contributed by atoms with Crippen LogP contribution in [-0.4, -0.2) is 40.6 Å². The van der Waals surface area contributed by atoms with Crippen LogP contribution in [0.25, 0.3) is 0 Å². The van der Waals surface area contributed by atoms with E-state index in [-0.39, 0.29) is 11.7 Å². The van der Waals surface area contributed by atoms with Crippen molar-refractivity contribution >= 4 is 40.9 Å². The first-order chi connectivity index (χ1) is 10.6. The molecule has 0 bridgehead atoms. The van der Waals surface area contributed by atoms with Gasteiger partial charge in [-0.2, -0.15) is 0 Å². The lowest BCUT2D eigenvalue weighted by Gasteiger charge is -2.37. The Hall–Kier alpha value is -1.34. The van der Waals surface area contributed by atoms with Crippen LogP contribution in [0.3, 0.4) is 0 Å². The maximum absolute atomic E-state index is 12.9. The molecule has 2 heterocycles. The maximum Gasteiger partial charge on any atom is 0.418 e. The van der Waals surface area contributed by atoms with E-state index in [4.69, 9.17) is 4.74 Å². The van der Waals surface area contributed by atoms with Crippen molar-refractivity contribution in [2.24, 2.45) is 0 Å². The third kappa shape index (κ3) is 3.30. The van der Waals surface area contributed by atoms with Crippen LogP contribution in [0.15, 0.2) is 9.59 Å². The monoisotopic (exact) mass is 355 g/mol. The number of ketones is 1. The lowest BCUT2D eigenvalue weighted by molar-refractivity contribution is -0.122.